The number of amides is 1. The Hall–Kier alpha value is -0.980. The van der Waals surface area contributed by atoms with Crippen LogP contribution in [0.15, 0.2) is 0 Å². The maximum Gasteiger partial charge on any atom is 0.222 e. The number of carbonyl (C=O) groups is 2. The van der Waals surface area contributed by atoms with Gasteiger partial charge in [0.15, 0.2) is 5.78 Å². The second-order valence-corrected chi connectivity index (χ2v) is 5.70. The van der Waals surface area contributed by atoms with E-state index in [1.54, 1.807) is 0 Å². The van der Waals surface area contributed by atoms with E-state index < -0.39 is 0 Å². The molecule has 6 nitrogen and oxygen atoms in total. The third-order valence-corrected chi connectivity index (χ3v) is 2.92. The molecule has 0 rings (SSSR count). The van der Waals surface area contributed by atoms with Gasteiger partial charge < -0.3 is 19.5 Å². The highest BCUT2D eigenvalue weighted by atomic mass is 16.5. The van der Waals surface area contributed by atoms with Crippen LogP contribution in [0.3, 0.4) is 0 Å². The molecule has 130 valence electrons. The van der Waals surface area contributed by atoms with Gasteiger partial charge in [-0.15, -0.1) is 0 Å². The number of ether oxygens (including phenoxy) is 3. The first-order chi connectivity index (χ1) is 10.4. The molecule has 0 aliphatic rings. The minimum Gasteiger partial charge on any atom is -0.379 e. The van der Waals surface area contributed by atoms with Crippen LogP contribution in [0, 0.1) is 11.8 Å². The maximum absolute atomic E-state index is 11.3. The average Bonchev–Trinajstić information content (AvgIpc) is 2.47. The van der Waals surface area contributed by atoms with Crippen LogP contribution in [0.1, 0.15) is 34.1 Å². The topological polar surface area (TPSA) is 73.9 Å². The molecule has 0 atom stereocenters. The lowest BCUT2D eigenvalue weighted by atomic mass is 10.1. The van der Waals surface area contributed by atoms with Gasteiger partial charge in [0.2, 0.25) is 5.91 Å². The molecule has 0 aromatic carbocycles. The molecule has 0 saturated heterocycles. The number of Topliss-reactive ketones (excluding diaryl/α,β-unsaturated/α-hetero) is 1. The van der Waals surface area contributed by atoms with Gasteiger partial charge in [0.05, 0.1) is 26.4 Å². The van der Waals surface area contributed by atoms with E-state index in [0.717, 1.165) is 6.42 Å². The van der Waals surface area contributed by atoms with Gasteiger partial charge in [0.25, 0.3) is 0 Å². The Morgan fingerprint density at radius 2 is 1.36 bits per heavy atom. The summed E-state index contributed by atoms with van der Waals surface area (Å²) in [5.41, 5.74) is 0. The molecule has 0 aliphatic carbocycles. The highest BCUT2D eigenvalue weighted by Gasteiger charge is 2.06. The molecule has 6 heteroatoms. The Morgan fingerprint density at radius 3 is 1.91 bits per heavy atom. The van der Waals surface area contributed by atoms with E-state index in [0.29, 0.717) is 39.6 Å². The van der Waals surface area contributed by atoms with E-state index in [-0.39, 0.29) is 30.1 Å². The first-order valence-electron chi connectivity index (χ1n) is 7.98. The summed E-state index contributed by atoms with van der Waals surface area (Å²) in [6.07, 6.45) is 0.791. The molecule has 0 unspecified atom stereocenters. The van der Waals surface area contributed by atoms with Crippen molar-refractivity contribution in [3.05, 3.63) is 0 Å². The highest BCUT2D eigenvalue weighted by Crippen LogP contribution is 1.94. The van der Waals surface area contributed by atoms with Crippen molar-refractivity contribution in [1.82, 2.24) is 5.32 Å². The van der Waals surface area contributed by atoms with Crippen molar-refractivity contribution in [3.8, 4) is 0 Å². The maximum atomic E-state index is 11.3. The van der Waals surface area contributed by atoms with Crippen LogP contribution in [0.4, 0.5) is 0 Å². The number of hydrogen-bond acceptors (Lipinski definition) is 5. The van der Waals surface area contributed by atoms with Crippen LogP contribution in [0.5, 0.6) is 0 Å². The van der Waals surface area contributed by atoms with Gasteiger partial charge >= 0.3 is 0 Å². The Balaban J connectivity index is 3.18. The predicted molar refractivity (Wildman–Crippen MR) is 84.8 cm³/mol. The van der Waals surface area contributed by atoms with E-state index >= 15 is 0 Å². The number of nitrogens with one attached hydrogen (secondary N) is 1. The zero-order valence-electron chi connectivity index (χ0n) is 14.4. The summed E-state index contributed by atoms with van der Waals surface area (Å²) < 4.78 is 15.9. The van der Waals surface area contributed by atoms with Crippen molar-refractivity contribution in [2.75, 3.05) is 46.2 Å². The van der Waals surface area contributed by atoms with Crippen molar-refractivity contribution < 1.29 is 23.8 Å². The number of hydrogen-bond donors (Lipinski definition) is 1. The predicted octanol–water partition coefficient (Wildman–Crippen LogP) is 1.42. The lowest BCUT2D eigenvalue weighted by molar-refractivity contribution is -0.127. The van der Waals surface area contributed by atoms with E-state index in [1.165, 1.54) is 0 Å². The van der Waals surface area contributed by atoms with Crippen LogP contribution in [0.25, 0.3) is 0 Å². The van der Waals surface area contributed by atoms with Crippen molar-refractivity contribution in [1.29, 1.82) is 0 Å². The molecule has 1 N–H and O–H groups in total. The molecule has 0 bridgehead atoms. The number of ketones is 1. The first kappa shape index (κ1) is 21.0. The fourth-order valence-electron chi connectivity index (χ4n) is 1.37. The second kappa shape index (κ2) is 13.7. The van der Waals surface area contributed by atoms with E-state index in [9.17, 15) is 9.59 Å². The smallest absolute Gasteiger partial charge is 0.222 e. The molecule has 0 aromatic heterocycles. The van der Waals surface area contributed by atoms with Gasteiger partial charge in [0, 0.05) is 25.0 Å². The molecule has 0 spiro atoms. The third-order valence-electron chi connectivity index (χ3n) is 2.92. The first-order valence-corrected chi connectivity index (χ1v) is 7.98. The zero-order chi connectivity index (χ0) is 16.8. The molecule has 0 aromatic rings. The van der Waals surface area contributed by atoms with Crippen molar-refractivity contribution >= 4 is 11.7 Å². The largest absolute Gasteiger partial charge is 0.379 e. The van der Waals surface area contributed by atoms with Crippen molar-refractivity contribution in [3.63, 3.8) is 0 Å². The van der Waals surface area contributed by atoms with E-state index in [2.05, 4.69) is 5.32 Å². The van der Waals surface area contributed by atoms with Crippen LogP contribution in [-0.4, -0.2) is 57.9 Å². The van der Waals surface area contributed by atoms with Gasteiger partial charge in [-0.1, -0.05) is 27.7 Å². The lowest BCUT2D eigenvalue weighted by Crippen LogP contribution is -2.29. The quantitative estimate of drug-likeness (QED) is 0.491. The summed E-state index contributed by atoms with van der Waals surface area (Å²) in [5.74, 6) is 0.208. The highest BCUT2D eigenvalue weighted by molar-refractivity contribution is 5.81. The van der Waals surface area contributed by atoms with Crippen LogP contribution < -0.4 is 5.32 Å². The number of rotatable bonds is 14. The Kier molecular flexibility index (Phi) is 13.1. The van der Waals surface area contributed by atoms with Gasteiger partial charge in [-0.25, -0.2) is 0 Å². The van der Waals surface area contributed by atoms with Gasteiger partial charge in [-0.05, 0) is 6.42 Å². The Bertz CT molecular complexity index is 275. The van der Waals surface area contributed by atoms with Crippen LogP contribution >= 0.6 is 0 Å². The van der Waals surface area contributed by atoms with E-state index in [4.69, 9.17) is 14.2 Å². The van der Waals surface area contributed by atoms with Gasteiger partial charge in [0.1, 0.15) is 6.61 Å². The third kappa shape index (κ3) is 12.7. The minimum atomic E-state index is 0.0136. The summed E-state index contributed by atoms with van der Waals surface area (Å²) in [6.45, 7) is 10.7. The van der Waals surface area contributed by atoms with Crippen molar-refractivity contribution in [2.45, 2.75) is 34.1 Å². The lowest BCUT2D eigenvalue weighted by Gasteiger charge is -2.09. The van der Waals surface area contributed by atoms with E-state index in [1.807, 2.05) is 27.7 Å². The van der Waals surface area contributed by atoms with Crippen LogP contribution in [-0.2, 0) is 23.8 Å². The van der Waals surface area contributed by atoms with Gasteiger partial charge in [-0.3, -0.25) is 9.59 Å². The summed E-state index contributed by atoms with van der Waals surface area (Å²) in [5, 5.41) is 2.83. The van der Waals surface area contributed by atoms with Crippen LogP contribution in [0.2, 0.25) is 0 Å². The molecule has 0 saturated carbocycles. The molecule has 1 amide bonds. The van der Waals surface area contributed by atoms with Crippen molar-refractivity contribution in [2.24, 2.45) is 11.8 Å². The monoisotopic (exact) mass is 317 g/mol. The summed E-state index contributed by atoms with van der Waals surface area (Å²) in [7, 11) is 0. The Morgan fingerprint density at radius 1 is 0.818 bits per heavy atom. The minimum absolute atomic E-state index is 0.0136. The second-order valence-electron chi connectivity index (χ2n) is 5.70. The summed E-state index contributed by atoms with van der Waals surface area (Å²) >= 11 is 0. The average molecular weight is 317 g/mol. The zero-order valence-corrected chi connectivity index (χ0v) is 14.4. The molecule has 0 radical (unpaired) electrons. The molecular formula is C16H31NO5. The normalized spacial score (nSPS) is 11.2. The molecule has 0 aliphatic heterocycles. The molecular weight excluding hydrogens is 286 g/mol. The summed E-state index contributed by atoms with van der Waals surface area (Å²) in [6, 6.07) is 0. The van der Waals surface area contributed by atoms with Gasteiger partial charge in [-0.2, -0.15) is 0 Å². The summed E-state index contributed by atoms with van der Waals surface area (Å²) in [4.78, 5) is 22.5. The fourth-order valence-corrected chi connectivity index (χ4v) is 1.37. The SMILES string of the molecule is CC(C)C(=O)COCCOCCOCCCNC(=O)C(C)C. The number of carbonyl (C=O) groups excluding carboxylic acids is 2. The standard InChI is InChI=1S/C16H31NO5/c1-13(2)15(18)12-22-11-10-21-9-8-20-7-5-6-17-16(19)14(3)4/h13-14H,5-12H2,1-4H3,(H,17,19). The fraction of sp³-hybridized carbons (Fsp3) is 0.875. The molecule has 0 fully saturated rings. The molecule has 22 heavy (non-hydrogen) atoms. The molecule has 0 heterocycles. The Labute approximate surface area is 133 Å².